The van der Waals surface area contributed by atoms with Crippen molar-refractivity contribution in [1.82, 2.24) is 5.32 Å². The van der Waals surface area contributed by atoms with Crippen molar-refractivity contribution < 1.29 is 0 Å². The topological polar surface area (TPSA) is 12.0 Å². The van der Waals surface area contributed by atoms with E-state index in [1.54, 1.807) is 0 Å². The van der Waals surface area contributed by atoms with Gasteiger partial charge in [0, 0.05) is 5.54 Å². The van der Waals surface area contributed by atoms with E-state index in [9.17, 15) is 0 Å². The van der Waals surface area contributed by atoms with Crippen LogP contribution in [0.3, 0.4) is 0 Å². The molecule has 1 heteroatoms. The van der Waals surface area contributed by atoms with Crippen molar-refractivity contribution in [1.29, 1.82) is 0 Å². The number of rotatable bonds is 1. The molecule has 0 heterocycles. The summed E-state index contributed by atoms with van der Waals surface area (Å²) in [5.41, 5.74) is 1.21. The lowest BCUT2D eigenvalue weighted by Gasteiger charge is -2.13. The average Bonchev–Trinajstić information content (AvgIpc) is 2.11. The molecular formula is C9H19N. The van der Waals surface area contributed by atoms with Gasteiger partial charge in [-0.1, -0.05) is 27.7 Å². The van der Waals surface area contributed by atoms with Gasteiger partial charge in [-0.15, -0.1) is 0 Å². The first-order chi connectivity index (χ1) is 4.31. The number of nitrogens with one attached hydrogen (secondary N) is 1. The Morgan fingerprint density at radius 1 is 0.800 bits per heavy atom. The van der Waals surface area contributed by atoms with Gasteiger partial charge in [-0.25, -0.2) is 0 Å². The standard InChI is InChI=1S/C9H19N/c1-7(2)8(3,4)9(7,5)10-6/h10H,1-6H3. The molecule has 1 fully saturated rings. The zero-order valence-electron chi connectivity index (χ0n) is 8.00. The summed E-state index contributed by atoms with van der Waals surface area (Å²) in [5, 5.41) is 3.40. The third-order valence-electron chi connectivity index (χ3n) is 4.50. The second-order valence-electron chi connectivity index (χ2n) is 4.62. The Labute approximate surface area is 64.2 Å². The van der Waals surface area contributed by atoms with Gasteiger partial charge in [0.05, 0.1) is 0 Å². The minimum absolute atomic E-state index is 0.333. The van der Waals surface area contributed by atoms with Crippen LogP contribution in [0.5, 0.6) is 0 Å². The maximum Gasteiger partial charge on any atom is 0.0263 e. The summed E-state index contributed by atoms with van der Waals surface area (Å²) in [6.45, 7) is 11.6. The molecule has 0 aliphatic heterocycles. The highest BCUT2D eigenvalue weighted by atomic mass is 15.1. The lowest BCUT2D eigenvalue weighted by molar-refractivity contribution is 0.457. The summed E-state index contributed by atoms with van der Waals surface area (Å²) < 4.78 is 0. The van der Waals surface area contributed by atoms with Crippen LogP contribution in [-0.4, -0.2) is 12.6 Å². The van der Waals surface area contributed by atoms with Crippen molar-refractivity contribution >= 4 is 0 Å². The lowest BCUT2D eigenvalue weighted by atomic mass is 10.0. The Hall–Kier alpha value is -0.0400. The number of hydrogen-bond acceptors (Lipinski definition) is 1. The second-order valence-corrected chi connectivity index (χ2v) is 4.62. The highest BCUT2D eigenvalue weighted by Gasteiger charge is 2.73. The van der Waals surface area contributed by atoms with E-state index < -0.39 is 0 Å². The Balaban J connectivity index is 2.90. The molecule has 1 N–H and O–H groups in total. The molecule has 10 heavy (non-hydrogen) atoms. The predicted molar refractivity (Wildman–Crippen MR) is 45.0 cm³/mol. The monoisotopic (exact) mass is 141 g/mol. The molecule has 60 valence electrons. The van der Waals surface area contributed by atoms with Crippen molar-refractivity contribution in [3.63, 3.8) is 0 Å². The van der Waals surface area contributed by atoms with Gasteiger partial charge in [-0.05, 0) is 24.8 Å². The third kappa shape index (κ3) is 0.493. The van der Waals surface area contributed by atoms with Gasteiger partial charge < -0.3 is 5.32 Å². The molecule has 0 amide bonds. The third-order valence-corrected chi connectivity index (χ3v) is 4.50. The van der Waals surface area contributed by atoms with Crippen molar-refractivity contribution in [3.8, 4) is 0 Å². The van der Waals surface area contributed by atoms with Crippen molar-refractivity contribution in [3.05, 3.63) is 0 Å². The molecule has 0 spiro atoms. The molecule has 0 unspecified atom stereocenters. The molecular weight excluding hydrogens is 122 g/mol. The fraction of sp³-hybridized carbons (Fsp3) is 1.00. The van der Waals surface area contributed by atoms with Crippen LogP contribution in [0.4, 0.5) is 0 Å². The van der Waals surface area contributed by atoms with Crippen LogP contribution in [0, 0.1) is 10.8 Å². The first-order valence-corrected chi connectivity index (χ1v) is 4.00. The van der Waals surface area contributed by atoms with E-state index in [0.29, 0.717) is 16.4 Å². The molecule has 1 aliphatic carbocycles. The zero-order valence-corrected chi connectivity index (χ0v) is 8.00. The number of hydrogen-bond donors (Lipinski definition) is 1. The smallest absolute Gasteiger partial charge is 0.0263 e. The quantitative estimate of drug-likeness (QED) is 0.589. The summed E-state index contributed by atoms with van der Waals surface area (Å²) in [7, 11) is 2.05. The molecule has 0 bridgehead atoms. The first-order valence-electron chi connectivity index (χ1n) is 4.00. The fourth-order valence-corrected chi connectivity index (χ4v) is 2.22. The van der Waals surface area contributed by atoms with E-state index in [2.05, 4.69) is 47.0 Å². The van der Waals surface area contributed by atoms with Gasteiger partial charge in [-0.3, -0.25) is 0 Å². The second kappa shape index (κ2) is 1.58. The van der Waals surface area contributed by atoms with E-state index in [0.717, 1.165) is 0 Å². The molecule has 0 aromatic rings. The molecule has 0 atom stereocenters. The van der Waals surface area contributed by atoms with Crippen LogP contribution in [-0.2, 0) is 0 Å². The minimum Gasteiger partial charge on any atom is -0.313 e. The highest BCUT2D eigenvalue weighted by molar-refractivity contribution is 5.27. The summed E-state index contributed by atoms with van der Waals surface area (Å²) in [6, 6.07) is 0. The molecule has 0 aromatic heterocycles. The summed E-state index contributed by atoms with van der Waals surface area (Å²) in [4.78, 5) is 0. The Bertz CT molecular complexity index is 142. The maximum atomic E-state index is 3.40. The van der Waals surface area contributed by atoms with Crippen LogP contribution >= 0.6 is 0 Å². The van der Waals surface area contributed by atoms with Crippen LogP contribution in [0.25, 0.3) is 0 Å². The van der Waals surface area contributed by atoms with E-state index in [-0.39, 0.29) is 0 Å². The first kappa shape index (κ1) is 8.06. The molecule has 1 saturated carbocycles. The fourth-order valence-electron chi connectivity index (χ4n) is 2.22. The Morgan fingerprint density at radius 2 is 1.10 bits per heavy atom. The normalized spacial score (nSPS) is 31.8. The molecule has 1 aliphatic rings. The van der Waals surface area contributed by atoms with Crippen LogP contribution < -0.4 is 5.32 Å². The van der Waals surface area contributed by atoms with Gasteiger partial charge >= 0.3 is 0 Å². The predicted octanol–water partition coefficient (Wildman–Crippen LogP) is 2.03. The molecule has 0 radical (unpaired) electrons. The maximum absolute atomic E-state index is 3.40. The van der Waals surface area contributed by atoms with Crippen molar-refractivity contribution in [2.75, 3.05) is 7.05 Å². The van der Waals surface area contributed by atoms with Crippen LogP contribution in [0.15, 0.2) is 0 Å². The van der Waals surface area contributed by atoms with Gasteiger partial charge in [-0.2, -0.15) is 0 Å². The molecule has 0 saturated heterocycles. The van der Waals surface area contributed by atoms with Crippen LogP contribution in [0.1, 0.15) is 34.6 Å². The van der Waals surface area contributed by atoms with E-state index in [1.165, 1.54) is 0 Å². The highest BCUT2D eigenvalue weighted by Crippen LogP contribution is 2.70. The minimum atomic E-state index is 0.333. The van der Waals surface area contributed by atoms with E-state index in [1.807, 2.05) is 0 Å². The molecule has 1 rings (SSSR count). The van der Waals surface area contributed by atoms with E-state index in [4.69, 9.17) is 0 Å². The van der Waals surface area contributed by atoms with E-state index >= 15 is 0 Å². The van der Waals surface area contributed by atoms with Crippen LogP contribution in [0.2, 0.25) is 0 Å². The summed E-state index contributed by atoms with van der Waals surface area (Å²) in [6.07, 6.45) is 0. The SMILES string of the molecule is CNC1(C)C(C)(C)C1(C)C. The largest absolute Gasteiger partial charge is 0.313 e. The zero-order chi connectivity index (χ0) is 8.21. The van der Waals surface area contributed by atoms with Gasteiger partial charge in [0.15, 0.2) is 0 Å². The average molecular weight is 141 g/mol. The van der Waals surface area contributed by atoms with Crippen molar-refractivity contribution in [2.24, 2.45) is 10.8 Å². The summed E-state index contributed by atoms with van der Waals surface area (Å²) >= 11 is 0. The van der Waals surface area contributed by atoms with Crippen molar-refractivity contribution in [2.45, 2.75) is 40.2 Å². The van der Waals surface area contributed by atoms with Gasteiger partial charge in [0.1, 0.15) is 0 Å². The Kier molecular flexibility index (Phi) is 1.27. The molecule has 0 aromatic carbocycles. The Morgan fingerprint density at radius 3 is 1.10 bits per heavy atom. The summed E-state index contributed by atoms with van der Waals surface area (Å²) in [5.74, 6) is 0. The lowest BCUT2D eigenvalue weighted by Crippen LogP contribution is -2.31. The molecule has 1 nitrogen and oxygen atoms in total. The van der Waals surface area contributed by atoms with Gasteiger partial charge in [0.25, 0.3) is 0 Å². The van der Waals surface area contributed by atoms with Gasteiger partial charge in [0.2, 0.25) is 0 Å².